The Labute approximate surface area is 163 Å². The molecule has 0 unspecified atom stereocenters. The maximum absolute atomic E-state index is 12.5. The third kappa shape index (κ3) is 4.22. The van der Waals surface area contributed by atoms with Gasteiger partial charge < -0.3 is 9.88 Å². The molecule has 1 saturated carbocycles. The Morgan fingerprint density at radius 3 is 2.70 bits per heavy atom. The van der Waals surface area contributed by atoms with Crippen LogP contribution in [-0.4, -0.2) is 20.7 Å². The summed E-state index contributed by atoms with van der Waals surface area (Å²) in [5, 5.41) is 12.6. The van der Waals surface area contributed by atoms with Crippen LogP contribution in [-0.2, 0) is 12.3 Å². The van der Waals surface area contributed by atoms with Gasteiger partial charge in [-0.2, -0.15) is 0 Å². The van der Waals surface area contributed by atoms with Gasteiger partial charge in [-0.1, -0.05) is 42.1 Å². The highest BCUT2D eigenvalue weighted by Crippen LogP contribution is 2.40. The molecule has 0 aliphatic heterocycles. The molecule has 1 N–H and O–H groups in total. The van der Waals surface area contributed by atoms with Gasteiger partial charge in [0, 0.05) is 29.5 Å². The second-order valence-corrected chi connectivity index (χ2v) is 7.61. The zero-order chi connectivity index (χ0) is 18.6. The van der Waals surface area contributed by atoms with E-state index in [-0.39, 0.29) is 5.91 Å². The quantitative estimate of drug-likeness (QED) is 0.604. The van der Waals surface area contributed by atoms with Gasteiger partial charge in [-0.15, -0.1) is 10.2 Å². The summed E-state index contributed by atoms with van der Waals surface area (Å²) in [5.41, 5.74) is 2.55. The molecule has 1 fully saturated rings. The summed E-state index contributed by atoms with van der Waals surface area (Å²) in [7, 11) is 0. The molecule has 0 bridgehead atoms. The number of benzene rings is 2. The topological polar surface area (TPSA) is 59.8 Å². The first-order chi connectivity index (χ1) is 13.2. The first-order valence-electron chi connectivity index (χ1n) is 9.26. The molecule has 6 heteroatoms. The third-order valence-electron chi connectivity index (χ3n) is 4.59. The molecule has 0 atom stereocenters. The van der Waals surface area contributed by atoms with Gasteiger partial charge in [-0.25, -0.2) is 0 Å². The molecule has 1 amide bonds. The maximum Gasteiger partial charge on any atom is 0.255 e. The summed E-state index contributed by atoms with van der Waals surface area (Å²) in [6.07, 6.45) is 2.45. The van der Waals surface area contributed by atoms with Crippen LogP contribution in [0.1, 0.15) is 47.4 Å². The summed E-state index contributed by atoms with van der Waals surface area (Å²) < 4.78 is 2.22. The highest BCUT2D eigenvalue weighted by atomic mass is 32.2. The zero-order valence-electron chi connectivity index (χ0n) is 15.3. The summed E-state index contributed by atoms with van der Waals surface area (Å²) >= 11 is 1.67. The molecule has 1 aliphatic rings. The van der Waals surface area contributed by atoms with Crippen LogP contribution in [0.15, 0.2) is 59.8 Å². The standard InChI is InChI=1S/C21H22N4OS/c1-2-25-19(16-11-12-16)23-24-21(25)27-14-15-7-6-8-17(13-15)20(26)22-18-9-4-3-5-10-18/h3-10,13,16H,2,11-12,14H2,1H3,(H,22,26). The van der Waals surface area contributed by atoms with Gasteiger partial charge in [0.05, 0.1) is 0 Å². The summed E-state index contributed by atoms with van der Waals surface area (Å²) in [4.78, 5) is 12.5. The Kier molecular flexibility index (Phi) is 5.25. The maximum atomic E-state index is 12.5. The highest BCUT2D eigenvalue weighted by Gasteiger charge is 2.29. The van der Waals surface area contributed by atoms with Crippen LogP contribution in [0.2, 0.25) is 0 Å². The zero-order valence-corrected chi connectivity index (χ0v) is 16.1. The molecule has 0 spiro atoms. The van der Waals surface area contributed by atoms with Crippen LogP contribution in [0, 0.1) is 0 Å². The molecular weight excluding hydrogens is 356 g/mol. The fourth-order valence-electron chi connectivity index (χ4n) is 3.02. The SMILES string of the molecule is CCn1c(SCc2cccc(C(=O)Nc3ccccc3)c2)nnc1C1CC1. The van der Waals surface area contributed by atoms with Crippen LogP contribution >= 0.6 is 11.8 Å². The second kappa shape index (κ2) is 7.96. The minimum absolute atomic E-state index is 0.0965. The van der Waals surface area contributed by atoms with Crippen molar-refractivity contribution in [3.05, 3.63) is 71.5 Å². The van der Waals surface area contributed by atoms with Gasteiger partial charge in [0.2, 0.25) is 0 Å². The normalized spacial score (nSPS) is 13.5. The number of hydrogen-bond donors (Lipinski definition) is 1. The summed E-state index contributed by atoms with van der Waals surface area (Å²) in [5.74, 6) is 2.38. The number of thioether (sulfide) groups is 1. The lowest BCUT2D eigenvalue weighted by Gasteiger charge is -2.08. The molecule has 4 rings (SSSR count). The number of amides is 1. The van der Waals surface area contributed by atoms with E-state index in [0.29, 0.717) is 11.5 Å². The first kappa shape index (κ1) is 17.8. The molecule has 27 heavy (non-hydrogen) atoms. The van der Waals surface area contributed by atoms with Gasteiger partial charge in [0.1, 0.15) is 5.82 Å². The van der Waals surface area contributed by atoms with Crippen LogP contribution in [0.5, 0.6) is 0 Å². The van der Waals surface area contributed by atoms with E-state index in [1.807, 2.05) is 54.6 Å². The molecule has 138 valence electrons. The lowest BCUT2D eigenvalue weighted by atomic mass is 10.1. The molecule has 1 heterocycles. The van der Waals surface area contributed by atoms with Crippen molar-refractivity contribution in [3.8, 4) is 0 Å². The first-order valence-corrected chi connectivity index (χ1v) is 10.2. The average molecular weight is 379 g/mol. The number of anilines is 1. The van der Waals surface area contributed by atoms with Crippen molar-refractivity contribution in [2.24, 2.45) is 0 Å². The van der Waals surface area contributed by atoms with E-state index in [1.54, 1.807) is 11.8 Å². The van der Waals surface area contributed by atoms with E-state index in [1.165, 1.54) is 12.8 Å². The molecule has 0 radical (unpaired) electrons. The predicted octanol–water partition coefficient (Wildman–Crippen LogP) is 4.72. The van der Waals surface area contributed by atoms with Crippen LogP contribution in [0.4, 0.5) is 5.69 Å². The van der Waals surface area contributed by atoms with Gasteiger partial charge in [-0.3, -0.25) is 4.79 Å². The average Bonchev–Trinajstić information content (AvgIpc) is 3.47. The fraction of sp³-hybridized carbons (Fsp3) is 0.286. The Balaban J connectivity index is 1.43. The van der Waals surface area contributed by atoms with Crippen molar-refractivity contribution in [3.63, 3.8) is 0 Å². The largest absolute Gasteiger partial charge is 0.322 e. The number of nitrogens with one attached hydrogen (secondary N) is 1. The molecular formula is C21H22N4OS. The minimum Gasteiger partial charge on any atom is -0.322 e. The van der Waals surface area contributed by atoms with Crippen molar-refractivity contribution in [1.82, 2.24) is 14.8 Å². The minimum atomic E-state index is -0.0965. The number of aromatic nitrogens is 3. The smallest absolute Gasteiger partial charge is 0.255 e. The Morgan fingerprint density at radius 1 is 1.15 bits per heavy atom. The van der Waals surface area contributed by atoms with Crippen molar-refractivity contribution >= 4 is 23.4 Å². The van der Waals surface area contributed by atoms with Gasteiger partial charge in [0.15, 0.2) is 5.16 Å². The van der Waals surface area contributed by atoms with Crippen LogP contribution in [0.3, 0.4) is 0 Å². The Hall–Kier alpha value is -2.60. The summed E-state index contributed by atoms with van der Waals surface area (Å²) in [6, 6.07) is 17.3. The summed E-state index contributed by atoms with van der Waals surface area (Å²) in [6.45, 7) is 3.02. The van der Waals surface area contributed by atoms with E-state index in [0.717, 1.165) is 34.5 Å². The lowest BCUT2D eigenvalue weighted by Crippen LogP contribution is -2.11. The number of carbonyl (C=O) groups is 1. The van der Waals surface area contributed by atoms with Crippen LogP contribution < -0.4 is 5.32 Å². The fourth-order valence-corrected chi connectivity index (χ4v) is 3.97. The van der Waals surface area contributed by atoms with Crippen molar-refractivity contribution < 1.29 is 4.79 Å². The van der Waals surface area contributed by atoms with E-state index >= 15 is 0 Å². The van der Waals surface area contributed by atoms with Gasteiger partial charge >= 0.3 is 0 Å². The monoisotopic (exact) mass is 378 g/mol. The van der Waals surface area contributed by atoms with Crippen molar-refractivity contribution in [2.75, 3.05) is 5.32 Å². The molecule has 2 aromatic carbocycles. The lowest BCUT2D eigenvalue weighted by molar-refractivity contribution is 0.102. The van der Waals surface area contributed by atoms with Gasteiger partial charge in [-0.05, 0) is 49.6 Å². The highest BCUT2D eigenvalue weighted by molar-refractivity contribution is 7.98. The van der Waals surface area contributed by atoms with Crippen molar-refractivity contribution in [2.45, 2.75) is 43.1 Å². The number of rotatable bonds is 7. The number of nitrogens with zero attached hydrogens (tertiary/aromatic N) is 3. The van der Waals surface area contributed by atoms with E-state index in [9.17, 15) is 4.79 Å². The third-order valence-corrected chi connectivity index (χ3v) is 5.63. The molecule has 5 nitrogen and oxygen atoms in total. The van der Waals surface area contributed by atoms with Gasteiger partial charge in [0.25, 0.3) is 5.91 Å². The second-order valence-electron chi connectivity index (χ2n) is 6.67. The molecule has 1 aliphatic carbocycles. The Bertz CT molecular complexity index is 934. The van der Waals surface area contributed by atoms with E-state index in [2.05, 4.69) is 27.0 Å². The molecule has 1 aromatic heterocycles. The number of hydrogen-bond acceptors (Lipinski definition) is 4. The Morgan fingerprint density at radius 2 is 1.96 bits per heavy atom. The number of carbonyl (C=O) groups excluding carboxylic acids is 1. The van der Waals surface area contributed by atoms with Crippen LogP contribution in [0.25, 0.3) is 0 Å². The predicted molar refractivity (Wildman–Crippen MR) is 108 cm³/mol. The molecule has 0 saturated heterocycles. The number of para-hydroxylation sites is 1. The van der Waals surface area contributed by atoms with E-state index < -0.39 is 0 Å². The molecule has 3 aromatic rings. The van der Waals surface area contributed by atoms with Crippen molar-refractivity contribution in [1.29, 1.82) is 0 Å². The van der Waals surface area contributed by atoms with E-state index in [4.69, 9.17) is 0 Å².